The Morgan fingerprint density at radius 3 is 2.31 bits per heavy atom. The van der Waals surface area contributed by atoms with Gasteiger partial charge in [0.1, 0.15) is 0 Å². The summed E-state index contributed by atoms with van der Waals surface area (Å²) in [4.78, 5) is 2.40. The minimum absolute atomic E-state index is 0.273. The zero-order valence-electron chi connectivity index (χ0n) is 8.03. The number of hydrogen-bond acceptors (Lipinski definition) is 2. The molecule has 0 spiro atoms. The third kappa shape index (κ3) is 1.90. The van der Waals surface area contributed by atoms with E-state index in [9.17, 15) is 0 Å². The number of rotatable bonds is 2. The lowest BCUT2D eigenvalue weighted by Gasteiger charge is -2.16. The van der Waals surface area contributed by atoms with Crippen molar-refractivity contribution in [3.05, 3.63) is 35.4 Å². The quantitative estimate of drug-likeness (QED) is 0.737. The van der Waals surface area contributed by atoms with Crippen molar-refractivity contribution < 1.29 is 0 Å². The topological polar surface area (TPSA) is 29.3 Å². The van der Waals surface area contributed by atoms with Crippen molar-refractivity contribution in [2.24, 2.45) is 5.73 Å². The molecule has 1 atom stereocenters. The summed E-state index contributed by atoms with van der Waals surface area (Å²) >= 11 is 0. The summed E-state index contributed by atoms with van der Waals surface area (Å²) in [5.74, 6) is 0. The van der Waals surface area contributed by atoms with E-state index in [1.165, 1.54) is 11.1 Å². The van der Waals surface area contributed by atoms with Gasteiger partial charge in [-0.1, -0.05) is 24.3 Å². The first kappa shape index (κ1) is 8.73. The highest BCUT2D eigenvalue weighted by molar-refractivity contribution is 5.30. The molecule has 0 saturated carbocycles. The third-order valence-electron chi connectivity index (χ3n) is 2.45. The van der Waals surface area contributed by atoms with Crippen LogP contribution in [0.25, 0.3) is 0 Å². The highest BCUT2D eigenvalue weighted by Crippen LogP contribution is 2.21. The molecule has 70 valence electrons. The molecule has 0 amide bonds. The number of nitrogens with two attached hydrogens (primary N) is 1. The second kappa shape index (κ2) is 3.48. The number of nitrogens with zero attached hydrogens (tertiary/aromatic N) is 1. The zero-order chi connectivity index (χ0) is 9.26. The number of benzene rings is 1. The monoisotopic (exact) mass is 176 g/mol. The van der Waals surface area contributed by atoms with Crippen molar-refractivity contribution in [1.29, 1.82) is 0 Å². The molecule has 0 aliphatic carbocycles. The molecule has 1 aromatic rings. The predicted octanol–water partition coefficient (Wildman–Crippen LogP) is 1.35. The molecule has 0 aromatic heterocycles. The Labute approximate surface area is 79.4 Å². The summed E-state index contributed by atoms with van der Waals surface area (Å²) in [6, 6.07) is 8.89. The van der Waals surface area contributed by atoms with Crippen LogP contribution in [0, 0.1) is 0 Å². The lowest BCUT2D eigenvalue weighted by Crippen LogP contribution is -2.31. The largest absolute Gasteiger partial charge is 0.327 e. The molecule has 2 heteroatoms. The van der Waals surface area contributed by atoms with Gasteiger partial charge in [-0.2, -0.15) is 0 Å². The Morgan fingerprint density at radius 1 is 1.31 bits per heavy atom. The van der Waals surface area contributed by atoms with Crippen LogP contribution in [0.4, 0.5) is 0 Å². The molecule has 0 bridgehead atoms. The van der Waals surface area contributed by atoms with Gasteiger partial charge in [0.05, 0.1) is 0 Å². The SMILES string of the molecule is C[C@H](N)CN1Cc2ccccc2C1. The molecule has 2 nitrogen and oxygen atoms in total. The van der Waals surface area contributed by atoms with Gasteiger partial charge in [0.25, 0.3) is 0 Å². The third-order valence-corrected chi connectivity index (χ3v) is 2.45. The van der Waals surface area contributed by atoms with Gasteiger partial charge in [-0.3, -0.25) is 4.90 Å². The average Bonchev–Trinajstić information content (AvgIpc) is 2.44. The highest BCUT2D eigenvalue weighted by Gasteiger charge is 2.18. The molecule has 2 N–H and O–H groups in total. The molecular weight excluding hydrogens is 160 g/mol. The summed E-state index contributed by atoms with van der Waals surface area (Å²) in [5.41, 5.74) is 8.69. The first-order chi connectivity index (χ1) is 6.25. The Morgan fingerprint density at radius 2 is 1.85 bits per heavy atom. The molecule has 1 aromatic carbocycles. The molecule has 2 rings (SSSR count). The van der Waals surface area contributed by atoms with Crippen LogP contribution in [0.1, 0.15) is 18.1 Å². The van der Waals surface area contributed by atoms with Crippen LogP contribution in [0.3, 0.4) is 0 Å². The van der Waals surface area contributed by atoms with Crippen LogP contribution in [0.5, 0.6) is 0 Å². The zero-order valence-corrected chi connectivity index (χ0v) is 8.03. The van der Waals surface area contributed by atoms with Crippen molar-refractivity contribution in [3.63, 3.8) is 0 Å². The van der Waals surface area contributed by atoms with Gasteiger partial charge in [0.15, 0.2) is 0 Å². The van der Waals surface area contributed by atoms with Crippen LogP contribution >= 0.6 is 0 Å². The van der Waals surface area contributed by atoms with E-state index < -0.39 is 0 Å². The summed E-state index contributed by atoms with van der Waals surface area (Å²) < 4.78 is 0. The number of hydrogen-bond donors (Lipinski definition) is 1. The van der Waals surface area contributed by atoms with Gasteiger partial charge >= 0.3 is 0 Å². The Balaban J connectivity index is 2.05. The smallest absolute Gasteiger partial charge is 0.0241 e. The first-order valence-corrected chi connectivity index (χ1v) is 4.80. The van der Waals surface area contributed by atoms with E-state index in [0.29, 0.717) is 0 Å². The molecule has 1 heterocycles. The van der Waals surface area contributed by atoms with Crippen molar-refractivity contribution in [3.8, 4) is 0 Å². The summed E-state index contributed by atoms with van der Waals surface area (Å²) in [6.07, 6.45) is 0. The molecule has 0 radical (unpaired) electrons. The average molecular weight is 176 g/mol. The van der Waals surface area contributed by atoms with Crippen LogP contribution in [-0.4, -0.2) is 17.5 Å². The van der Waals surface area contributed by atoms with Crippen LogP contribution < -0.4 is 5.73 Å². The fourth-order valence-corrected chi connectivity index (χ4v) is 1.94. The van der Waals surface area contributed by atoms with Gasteiger partial charge in [0, 0.05) is 25.7 Å². The standard InChI is InChI=1S/C11H16N2/c1-9(12)6-13-7-10-4-2-3-5-11(10)8-13/h2-5,9H,6-8,12H2,1H3/t9-/m0/s1. The first-order valence-electron chi connectivity index (χ1n) is 4.80. The van der Waals surface area contributed by atoms with Crippen molar-refractivity contribution in [2.75, 3.05) is 6.54 Å². The Kier molecular flexibility index (Phi) is 2.34. The summed E-state index contributed by atoms with van der Waals surface area (Å²) in [6.45, 7) is 5.19. The lowest BCUT2D eigenvalue weighted by atomic mass is 10.1. The number of fused-ring (bicyclic) bond motifs is 1. The fourth-order valence-electron chi connectivity index (χ4n) is 1.94. The molecule has 0 unspecified atom stereocenters. The van der Waals surface area contributed by atoms with Crippen molar-refractivity contribution in [1.82, 2.24) is 4.90 Å². The predicted molar refractivity (Wildman–Crippen MR) is 54.2 cm³/mol. The molecule has 1 aliphatic heterocycles. The van der Waals surface area contributed by atoms with Gasteiger partial charge < -0.3 is 5.73 Å². The van der Waals surface area contributed by atoms with Gasteiger partial charge in [0.2, 0.25) is 0 Å². The van der Waals surface area contributed by atoms with Gasteiger partial charge in [-0.05, 0) is 18.1 Å². The normalized spacial score (nSPS) is 18.6. The van der Waals surface area contributed by atoms with Gasteiger partial charge in [-0.15, -0.1) is 0 Å². The van der Waals surface area contributed by atoms with E-state index in [4.69, 9.17) is 5.73 Å². The maximum atomic E-state index is 5.77. The fraction of sp³-hybridized carbons (Fsp3) is 0.455. The molecule has 0 saturated heterocycles. The van der Waals surface area contributed by atoms with Crippen LogP contribution in [0.15, 0.2) is 24.3 Å². The molecular formula is C11H16N2. The van der Waals surface area contributed by atoms with E-state index in [1.54, 1.807) is 0 Å². The van der Waals surface area contributed by atoms with E-state index in [1.807, 2.05) is 0 Å². The second-order valence-electron chi connectivity index (χ2n) is 3.92. The van der Waals surface area contributed by atoms with E-state index in [0.717, 1.165) is 19.6 Å². The van der Waals surface area contributed by atoms with Crippen LogP contribution in [-0.2, 0) is 13.1 Å². The highest BCUT2D eigenvalue weighted by atomic mass is 15.1. The second-order valence-corrected chi connectivity index (χ2v) is 3.92. The maximum Gasteiger partial charge on any atom is 0.0241 e. The Bertz CT molecular complexity index is 269. The summed E-state index contributed by atoms with van der Waals surface area (Å²) in [5, 5.41) is 0. The molecule has 0 fully saturated rings. The maximum absolute atomic E-state index is 5.77. The summed E-state index contributed by atoms with van der Waals surface area (Å²) in [7, 11) is 0. The Hall–Kier alpha value is -0.860. The molecule has 1 aliphatic rings. The van der Waals surface area contributed by atoms with Crippen molar-refractivity contribution >= 4 is 0 Å². The van der Waals surface area contributed by atoms with E-state index >= 15 is 0 Å². The lowest BCUT2D eigenvalue weighted by molar-refractivity contribution is 0.270. The van der Waals surface area contributed by atoms with E-state index in [2.05, 4.69) is 36.1 Å². The van der Waals surface area contributed by atoms with E-state index in [-0.39, 0.29) is 6.04 Å². The minimum Gasteiger partial charge on any atom is -0.327 e. The minimum atomic E-state index is 0.273. The van der Waals surface area contributed by atoms with Gasteiger partial charge in [-0.25, -0.2) is 0 Å². The molecule has 13 heavy (non-hydrogen) atoms. The van der Waals surface area contributed by atoms with Crippen LogP contribution in [0.2, 0.25) is 0 Å². The van der Waals surface area contributed by atoms with Crippen molar-refractivity contribution in [2.45, 2.75) is 26.1 Å².